The van der Waals surface area contributed by atoms with Crippen LogP contribution in [-0.2, 0) is 23.9 Å². The van der Waals surface area contributed by atoms with Crippen molar-refractivity contribution < 1.29 is 28.2 Å². The number of halogens is 2. The van der Waals surface area contributed by atoms with Gasteiger partial charge in [-0.3, -0.25) is 4.79 Å². The normalized spacial score (nSPS) is 12.9. The van der Waals surface area contributed by atoms with Crippen molar-refractivity contribution in [2.75, 3.05) is 18.5 Å². The van der Waals surface area contributed by atoms with E-state index in [1.807, 2.05) is 0 Å². The second kappa shape index (κ2) is 10.5. The van der Waals surface area contributed by atoms with Crippen molar-refractivity contribution in [2.24, 2.45) is 4.99 Å². The van der Waals surface area contributed by atoms with Crippen LogP contribution in [0.2, 0.25) is 5.02 Å². The summed E-state index contributed by atoms with van der Waals surface area (Å²) in [5.41, 5.74) is -1.06. The third-order valence-corrected chi connectivity index (χ3v) is 5.13. The quantitative estimate of drug-likeness (QED) is 0.455. The third kappa shape index (κ3) is 4.79. The molecule has 1 heterocycles. The average Bonchev–Trinajstić information content (AvgIpc) is 2.97. The topological polar surface area (TPSA) is 106 Å². The molecule has 2 aromatic rings. The molecule has 1 aliphatic heterocycles. The highest BCUT2D eigenvalue weighted by atomic mass is 35.5. The lowest BCUT2D eigenvalue weighted by Crippen LogP contribution is -2.67. The first-order valence-corrected chi connectivity index (χ1v) is 10.9. The molecule has 1 amide bonds. The maximum atomic E-state index is 14.7. The lowest BCUT2D eigenvalue weighted by molar-refractivity contribution is -0.163. The summed E-state index contributed by atoms with van der Waals surface area (Å²) < 4.78 is 25.0. The fourth-order valence-corrected chi connectivity index (χ4v) is 3.64. The minimum absolute atomic E-state index is 0.0740. The van der Waals surface area contributed by atoms with Crippen LogP contribution in [0.25, 0.3) is 5.57 Å². The van der Waals surface area contributed by atoms with E-state index in [9.17, 15) is 18.8 Å². The number of nitrogens with one attached hydrogen (secondary N) is 2. The van der Waals surface area contributed by atoms with Crippen molar-refractivity contribution in [1.29, 1.82) is 0 Å². The molecule has 34 heavy (non-hydrogen) atoms. The van der Waals surface area contributed by atoms with Crippen molar-refractivity contribution in [1.82, 2.24) is 5.32 Å². The van der Waals surface area contributed by atoms with E-state index in [1.165, 1.54) is 12.3 Å². The van der Waals surface area contributed by atoms with Gasteiger partial charge in [0.1, 0.15) is 5.82 Å². The molecule has 2 aromatic carbocycles. The summed E-state index contributed by atoms with van der Waals surface area (Å²) >= 11 is 6.21. The summed E-state index contributed by atoms with van der Waals surface area (Å²) in [5.74, 6) is -3.68. The zero-order valence-electron chi connectivity index (χ0n) is 18.8. The highest BCUT2D eigenvalue weighted by molar-refractivity contribution is 6.33. The molecule has 0 saturated carbocycles. The Bertz CT molecular complexity index is 1180. The molecule has 0 bridgehead atoms. The molecule has 0 radical (unpaired) electrons. The van der Waals surface area contributed by atoms with Gasteiger partial charge in [0.25, 0.3) is 5.54 Å². The lowest BCUT2D eigenvalue weighted by Gasteiger charge is -2.31. The number of rotatable bonds is 7. The predicted molar refractivity (Wildman–Crippen MR) is 126 cm³/mol. The molecule has 0 aromatic heterocycles. The summed E-state index contributed by atoms with van der Waals surface area (Å²) in [5, 5.41) is 5.66. The van der Waals surface area contributed by atoms with Gasteiger partial charge in [0.05, 0.1) is 13.2 Å². The minimum Gasteiger partial charge on any atom is -0.463 e. The first-order chi connectivity index (χ1) is 16.2. The number of fused-ring (bicyclic) bond motifs is 1. The third-order valence-electron chi connectivity index (χ3n) is 4.89. The number of carbonyl (C=O) groups is 3. The summed E-state index contributed by atoms with van der Waals surface area (Å²) in [4.78, 5) is 42.7. The van der Waals surface area contributed by atoms with Crippen LogP contribution in [0.4, 0.5) is 10.1 Å². The van der Waals surface area contributed by atoms with Gasteiger partial charge in [-0.1, -0.05) is 29.8 Å². The number of nitrogens with zero attached hydrogens (tertiary/aromatic N) is 1. The van der Waals surface area contributed by atoms with Crippen molar-refractivity contribution in [3.63, 3.8) is 0 Å². The van der Waals surface area contributed by atoms with Crippen LogP contribution in [-0.4, -0.2) is 42.4 Å². The number of amidine groups is 1. The van der Waals surface area contributed by atoms with E-state index < -0.39 is 29.2 Å². The molecular formula is C24H23ClFN3O5. The molecule has 0 saturated heterocycles. The maximum absolute atomic E-state index is 14.7. The number of anilines is 1. The summed E-state index contributed by atoms with van der Waals surface area (Å²) in [7, 11) is 0. The van der Waals surface area contributed by atoms with Crippen LogP contribution in [0.1, 0.15) is 31.9 Å². The first-order valence-electron chi connectivity index (χ1n) is 10.5. The van der Waals surface area contributed by atoms with Crippen molar-refractivity contribution in [3.05, 3.63) is 70.6 Å². The zero-order chi connectivity index (χ0) is 24.9. The number of amides is 1. The lowest BCUT2D eigenvalue weighted by atomic mass is 9.95. The Morgan fingerprint density at radius 1 is 1.06 bits per heavy atom. The maximum Gasteiger partial charge on any atom is 0.351 e. The monoisotopic (exact) mass is 487 g/mol. The standard InChI is InChI=1S/C24H23ClFN3O5/c1-4-33-22(31)24(29-14(3)30,23(32)34-5-2)21-27-13-18(16-8-6-7-9-19(16)26)17-12-15(25)10-11-20(17)28-21/h6-13H,4-5H2,1-3H3,(H,27,28)(H,29,30). The fourth-order valence-electron chi connectivity index (χ4n) is 3.47. The van der Waals surface area contributed by atoms with Gasteiger partial charge in [-0.15, -0.1) is 0 Å². The molecule has 178 valence electrons. The molecule has 2 N–H and O–H groups in total. The Kier molecular flexibility index (Phi) is 7.68. The van der Waals surface area contributed by atoms with Crippen molar-refractivity contribution >= 4 is 46.5 Å². The van der Waals surface area contributed by atoms with Crippen LogP contribution in [0, 0.1) is 5.82 Å². The van der Waals surface area contributed by atoms with Gasteiger partial charge in [-0.05, 0) is 38.1 Å². The summed E-state index contributed by atoms with van der Waals surface area (Å²) in [6.45, 7) is 4.10. The van der Waals surface area contributed by atoms with Crippen molar-refractivity contribution in [3.8, 4) is 0 Å². The zero-order valence-corrected chi connectivity index (χ0v) is 19.5. The largest absolute Gasteiger partial charge is 0.463 e. The van der Waals surface area contributed by atoms with E-state index in [0.29, 0.717) is 21.8 Å². The Labute approximate surface area is 200 Å². The Morgan fingerprint density at radius 2 is 1.71 bits per heavy atom. The van der Waals surface area contributed by atoms with Crippen LogP contribution in [0.5, 0.6) is 0 Å². The SMILES string of the molecule is CCOC(=O)C(NC(C)=O)(C(=O)OCC)C1=NC=C(c2ccccc2F)c2cc(Cl)ccc2N1. The molecule has 0 aliphatic carbocycles. The average molecular weight is 488 g/mol. The molecule has 0 unspecified atom stereocenters. The molecule has 1 aliphatic rings. The van der Waals surface area contributed by atoms with E-state index in [1.54, 1.807) is 50.2 Å². The van der Waals surface area contributed by atoms with Crippen LogP contribution in [0.3, 0.4) is 0 Å². The number of ether oxygens (including phenoxy) is 2. The van der Waals surface area contributed by atoms with Crippen LogP contribution >= 0.6 is 11.6 Å². The smallest absolute Gasteiger partial charge is 0.351 e. The summed E-state index contributed by atoms with van der Waals surface area (Å²) in [6, 6.07) is 10.8. The second-order valence-corrected chi connectivity index (χ2v) is 7.62. The number of benzene rings is 2. The van der Waals surface area contributed by atoms with E-state index in [2.05, 4.69) is 15.6 Å². The number of aliphatic imine (C=N–C) groups is 1. The highest BCUT2D eigenvalue weighted by Crippen LogP contribution is 2.35. The van der Waals surface area contributed by atoms with Gasteiger partial charge in [0.2, 0.25) is 5.91 Å². The molecule has 0 atom stereocenters. The number of hydrogen-bond acceptors (Lipinski definition) is 7. The predicted octanol–water partition coefficient (Wildman–Crippen LogP) is 3.69. The molecule has 0 spiro atoms. The van der Waals surface area contributed by atoms with E-state index >= 15 is 0 Å². The van der Waals surface area contributed by atoms with E-state index in [0.717, 1.165) is 6.92 Å². The van der Waals surface area contributed by atoms with Gasteiger partial charge in [0, 0.05) is 40.5 Å². The molecule has 3 rings (SSSR count). The van der Waals surface area contributed by atoms with Gasteiger partial charge in [-0.25, -0.2) is 19.0 Å². The fraction of sp³-hybridized carbons (Fsp3) is 0.250. The van der Waals surface area contributed by atoms with E-state index in [4.69, 9.17) is 21.1 Å². The molecule has 8 nitrogen and oxygen atoms in total. The Hall–Kier alpha value is -3.72. The first kappa shape index (κ1) is 24.9. The molecule has 10 heteroatoms. The van der Waals surface area contributed by atoms with Crippen LogP contribution < -0.4 is 10.6 Å². The number of carbonyl (C=O) groups excluding carboxylic acids is 3. The Morgan fingerprint density at radius 3 is 2.29 bits per heavy atom. The number of esters is 2. The van der Waals surface area contributed by atoms with Crippen molar-refractivity contribution in [2.45, 2.75) is 26.3 Å². The van der Waals surface area contributed by atoms with Gasteiger partial charge in [0.15, 0.2) is 5.84 Å². The highest BCUT2D eigenvalue weighted by Gasteiger charge is 2.55. The van der Waals surface area contributed by atoms with Gasteiger partial charge < -0.3 is 20.1 Å². The molecular weight excluding hydrogens is 465 g/mol. The number of hydrogen-bond donors (Lipinski definition) is 2. The molecule has 0 fully saturated rings. The van der Waals surface area contributed by atoms with Gasteiger partial charge >= 0.3 is 11.9 Å². The van der Waals surface area contributed by atoms with Crippen LogP contribution in [0.15, 0.2) is 53.7 Å². The second-order valence-electron chi connectivity index (χ2n) is 7.19. The Balaban J connectivity index is 2.31. The summed E-state index contributed by atoms with van der Waals surface area (Å²) in [6.07, 6.45) is 1.29. The van der Waals surface area contributed by atoms with Gasteiger partial charge in [-0.2, -0.15) is 0 Å². The minimum atomic E-state index is -2.43. The van der Waals surface area contributed by atoms with E-state index in [-0.39, 0.29) is 24.6 Å².